The lowest BCUT2D eigenvalue weighted by molar-refractivity contribution is -0.919. The van der Waals surface area contributed by atoms with E-state index >= 15 is 0 Å². The first-order valence-electron chi connectivity index (χ1n) is 6.92. The van der Waals surface area contributed by atoms with E-state index in [1.165, 1.54) is 58.4 Å². The lowest BCUT2D eigenvalue weighted by atomic mass is 9.83. The van der Waals surface area contributed by atoms with Crippen molar-refractivity contribution in [2.75, 3.05) is 32.7 Å². The van der Waals surface area contributed by atoms with Gasteiger partial charge in [0.15, 0.2) is 0 Å². The largest absolute Gasteiger partial charge is 0.334 e. The van der Waals surface area contributed by atoms with Gasteiger partial charge in [0.2, 0.25) is 0 Å². The summed E-state index contributed by atoms with van der Waals surface area (Å²) in [5, 5.41) is 0. The summed E-state index contributed by atoms with van der Waals surface area (Å²) in [5.74, 6) is 1.03. The first-order valence-corrected chi connectivity index (χ1v) is 6.92. The predicted molar refractivity (Wildman–Crippen MR) is 64.2 cm³/mol. The molecule has 3 aliphatic rings. The maximum absolute atomic E-state index is 2.78. The molecule has 88 valence electrons. The van der Waals surface area contributed by atoms with E-state index < -0.39 is 0 Å². The van der Waals surface area contributed by atoms with E-state index in [0.29, 0.717) is 0 Å². The fourth-order valence-corrected chi connectivity index (χ4v) is 3.54. The van der Waals surface area contributed by atoms with Crippen molar-refractivity contribution in [3.8, 4) is 0 Å². The number of rotatable bonds is 5. The molecule has 0 aromatic carbocycles. The van der Waals surface area contributed by atoms with Crippen molar-refractivity contribution >= 4 is 0 Å². The third kappa shape index (κ3) is 2.54. The van der Waals surface area contributed by atoms with E-state index in [2.05, 4.69) is 18.7 Å². The van der Waals surface area contributed by atoms with Crippen molar-refractivity contribution in [2.45, 2.75) is 45.6 Å². The summed E-state index contributed by atoms with van der Waals surface area (Å²) in [7, 11) is 0. The molecular formula is C13H27N2+. The van der Waals surface area contributed by atoms with Crippen LogP contribution in [0.25, 0.3) is 0 Å². The molecule has 0 aromatic heterocycles. The third-order valence-electron chi connectivity index (χ3n) is 4.27. The SMILES string of the molecule is CCCN(CCC)C1C[NH+]2CCC1CC2. The average molecular weight is 211 g/mol. The fourth-order valence-electron chi connectivity index (χ4n) is 3.54. The van der Waals surface area contributed by atoms with Crippen LogP contribution in [-0.2, 0) is 0 Å². The monoisotopic (exact) mass is 211 g/mol. The molecular weight excluding hydrogens is 184 g/mol. The van der Waals surface area contributed by atoms with Gasteiger partial charge in [0.05, 0.1) is 25.7 Å². The van der Waals surface area contributed by atoms with Crippen LogP contribution in [0.2, 0.25) is 0 Å². The summed E-state index contributed by atoms with van der Waals surface area (Å²) in [6.45, 7) is 11.6. The highest BCUT2D eigenvalue weighted by Gasteiger charge is 2.39. The second-order valence-corrected chi connectivity index (χ2v) is 5.39. The highest BCUT2D eigenvalue weighted by Crippen LogP contribution is 2.23. The molecule has 3 heterocycles. The van der Waals surface area contributed by atoms with Crippen molar-refractivity contribution in [1.82, 2.24) is 4.90 Å². The highest BCUT2D eigenvalue weighted by molar-refractivity contribution is 4.84. The Labute approximate surface area is 94.6 Å². The maximum atomic E-state index is 2.78. The van der Waals surface area contributed by atoms with Gasteiger partial charge < -0.3 is 4.90 Å². The number of quaternary nitrogens is 1. The molecule has 3 fully saturated rings. The summed E-state index contributed by atoms with van der Waals surface area (Å²) in [4.78, 5) is 4.66. The minimum Gasteiger partial charge on any atom is -0.334 e. The van der Waals surface area contributed by atoms with Gasteiger partial charge in [-0.25, -0.2) is 0 Å². The molecule has 1 unspecified atom stereocenters. The number of piperidine rings is 3. The first-order chi connectivity index (χ1) is 7.35. The Hall–Kier alpha value is -0.0800. The minimum absolute atomic E-state index is 0.919. The second-order valence-electron chi connectivity index (χ2n) is 5.39. The maximum Gasteiger partial charge on any atom is 0.0931 e. The van der Waals surface area contributed by atoms with E-state index in [0.717, 1.165) is 12.0 Å². The van der Waals surface area contributed by atoms with Crippen LogP contribution in [0.15, 0.2) is 0 Å². The van der Waals surface area contributed by atoms with Gasteiger partial charge in [-0.05, 0) is 31.8 Å². The van der Waals surface area contributed by atoms with E-state index in [9.17, 15) is 0 Å². The summed E-state index contributed by atoms with van der Waals surface area (Å²) < 4.78 is 0. The molecule has 0 aliphatic carbocycles. The number of hydrogen-bond donors (Lipinski definition) is 1. The summed E-state index contributed by atoms with van der Waals surface area (Å²) in [5.41, 5.74) is 0. The molecule has 1 atom stereocenters. The predicted octanol–water partition coefficient (Wildman–Crippen LogP) is 0.786. The number of fused-ring (bicyclic) bond motifs is 3. The molecule has 0 aromatic rings. The zero-order valence-electron chi connectivity index (χ0n) is 10.5. The van der Waals surface area contributed by atoms with Crippen molar-refractivity contribution in [2.24, 2.45) is 5.92 Å². The quantitative estimate of drug-likeness (QED) is 0.706. The van der Waals surface area contributed by atoms with Crippen molar-refractivity contribution < 1.29 is 4.90 Å². The Bertz CT molecular complexity index is 179. The summed E-state index contributed by atoms with van der Waals surface area (Å²) >= 11 is 0. The molecule has 2 bridgehead atoms. The molecule has 0 radical (unpaired) electrons. The number of hydrogen-bond acceptors (Lipinski definition) is 1. The van der Waals surface area contributed by atoms with Crippen LogP contribution in [0.1, 0.15) is 39.5 Å². The Morgan fingerprint density at radius 3 is 2.07 bits per heavy atom. The zero-order chi connectivity index (χ0) is 10.7. The smallest absolute Gasteiger partial charge is 0.0931 e. The standard InChI is InChI=1S/C13H26N2/c1-3-7-15(8-4-2)13-11-14-9-5-12(13)6-10-14/h12-13H,3-11H2,1-2H3/p+1. The van der Waals surface area contributed by atoms with Gasteiger partial charge in [-0.1, -0.05) is 13.8 Å². The number of nitrogens with zero attached hydrogens (tertiary/aromatic N) is 1. The van der Waals surface area contributed by atoms with Crippen molar-refractivity contribution in [3.63, 3.8) is 0 Å². The van der Waals surface area contributed by atoms with E-state index in [1.54, 1.807) is 0 Å². The third-order valence-corrected chi connectivity index (χ3v) is 4.27. The Balaban J connectivity index is 1.94. The lowest BCUT2D eigenvalue weighted by Gasteiger charge is -2.46. The molecule has 0 spiro atoms. The van der Waals surface area contributed by atoms with Crippen LogP contribution in [0.3, 0.4) is 0 Å². The summed E-state index contributed by atoms with van der Waals surface area (Å²) in [6, 6.07) is 0.919. The van der Waals surface area contributed by atoms with Crippen LogP contribution >= 0.6 is 0 Å². The second kappa shape index (κ2) is 5.31. The van der Waals surface area contributed by atoms with Crippen molar-refractivity contribution in [1.29, 1.82) is 0 Å². The van der Waals surface area contributed by atoms with Gasteiger partial charge in [-0.2, -0.15) is 0 Å². The van der Waals surface area contributed by atoms with Gasteiger partial charge >= 0.3 is 0 Å². The average Bonchev–Trinajstić information content (AvgIpc) is 2.30. The molecule has 3 rings (SSSR count). The molecule has 15 heavy (non-hydrogen) atoms. The van der Waals surface area contributed by atoms with Crippen LogP contribution < -0.4 is 4.90 Å². The molecule has 2 nitrogen and oxygen atoms in total. The zero-order valence-corrected chi connectivity index (χ0v) is 10.5. The molecule has 1 N–H and O–H groups in total. The Morgan fingerprint density at radius 1 is 1.07 bits per heavy atom. The first kappa shape index (κ1) is 11.4. The minimum atomic E-state index is 0.919. The van der Waals surface area contributed by atoms with Gasteiger partial charge in [-0.15, -0.1) is 0 Å². The molecule has 3 saturated heterocycles. The van der Waals surface area contributed by atoms with E-state index in [4.69, 9.17) is 0 Å². The highest BCUT2D eigenvalue weighted by atomic mass is 15.2. The summed E-state index contributed by atoms with van der Waals surface area (Å²) in [6.07, 6.45) is 5.62. The molecule has 3 aliphatic heterocycles. The van der Waals surface area contributed by atoms with Gasteiger partial charge in [-0.3, -0.25) is 4.90 Å². The molecule has 0 amide bonds. The van der Waals surface area contributed by atoms with Crippen LogP contribution in [-0.4, -0.2) is 43.7 Å². The van der Waals surface area contributed by atoms with Crippen molar-refractivity contribution in [3.05, 3.63) is 0 Å². The normalized spacial score (nSPS) is 35.0. The van der Waals surface area contributed by atoms with Gasteiger partial charge in [0.25, 0.3) is 0 Å². The van der Waals surface area contributed by atoms with Crippen LogP contribution in [0.5, 0.6) is 0 Å². The lowest BCUT2D eigenvalue weighted by Crippen LogP contribution is -3.16. The van der Waals surface area contributed by atoms with Crippen LogP contribution in [0, 0.1) is 5.92 Å². The van der Waals surface area contributed by atoms with Gasteiger partial charge in [0, 0.05) is 12.8 Å². The number of nitrogens with one attached hydrogen (secondary N) is 1. The Kier molecular flexibility index (Phi) is 4.04. The fraction of sp³-hybridized carbons (Fsp3) is 1.00. The Morgan fingerprint density at radius 2 is 1.67 bits per heavy atom. The molecule has 2 heteroatoms. The topological polar surface area (TPSA) is 7.68 Å². The van der Waals surface area contributed by atoms with E-state index in [1.807, 2.05) is 4.90 Å². The van der Waals surface area contributed by atoms with Crippen LogP contribution in [0.4, 0.5) is 0 Å². The van der Waals surface area contributed by atoms with Gasteiger partial charge in [0.1, 0.15) is 0 Å². The molecule has 0 saturated carbocycles. The van der Waals surface area contributed by atoms with E-state index in [-0.39, 0.29) is 0 Å².